The Morgan fingerprint density at radius 1 is 1.25 bits per heavy atom. The molecule has 1 amide bonds. The highest BCUT2D eigenvalue weighted by molar-refractivity contribution is 7.83. The number of amides is 1. The predicted molar refractivity (Wildman–Crippen MR) is 93.6 cm³/mol. The third-order valence-corrected chi connectivity index (χ3v) is 5.05. The van der Waals surface area contributed by atoms with E-state index in [1.165, 1.54) is 12.1 Å². The Hall–Kier alpha value is -2.01. The van der Waals surface area contributed by atoms with Crippen molar-refractivity contribution >= 4 is 16.7 Å². The van der Waals surface area contributed by atoms with Crippen LogP contribution in [0.15, 0.2) is 48.5 Å². The zero-order valence-corrected chi connectivity index (χ0v) is 14.4. The van der Waals surface area contributed by atoms with Gasteiger partial charge in [-0.2, -0.15) is 0 Å². The van der Waals surface area contributed by atoms with Crippen LogP contribution in [-0.2, 0) is 16.6 Å². The summed E-state index contributed by atoms with van der Waals surface area (Å²) >= 11 is 0. The largest absolute Gasteiger partial charge is 0.332 e. The zero-order chi connectivity index (χ0) is 17.1. The molecule has 3 rings (SSSR count). The number of carbonyl (C=O) groups is 1. The molecule has 0 spiro atoms. The predicted octanol–water partition coefficient (Wildman–Crippen LogP) is 3.68. The molecule has 126 valence electrons. The summed E-state index contributed by atoms with van der Waals surface area (Å²) in [6.45, 7) is 0.699. The van der Waals surface area contributed by atoms with E-state index >= 15 is 0 Å². The summed E-state index contributed by atoms with van der Waals surface area (Å²) in [7, 11) is -0.939. The second-order valence-electron chi connectivity index (χ2n) is 6.13. The lowest BCUT2D eigenvalue weighted by molar-refractivity contribution is 0.0735. The topological polar surface area (TPSA) is 37.4 Å². The number of carbonyl (C=O) groups excluding carboxylic acids is 1. The Balaban J connectivity index is 1.83. The lowest BCUT2D eigenvalue weighted by Crippen LogP contribution is -2.30. The van der Waals surface area contributed by atoms with E-state index in [-0.39, 0.29) is 17.8 Å². The molecule has 1 aliphatic heterocycles. The van der Waals surface area contributed by atoms with E-state index in [1.807, 2.05) is 23.1 Å². The fourth-order valence-corrected chi connectivity index (χ4v) is 3.88. The van der Waals surface area contributed by atoms with Gasteiger partial charge in [-0.25, -0.2) is 4.39 Å². The molecule has 3 nitrogen and oxygen atoms in total. The summed E-state index contributed by atoms with van der Waals surface area (Å²) in [5, 5.41) is 0. The van der Waals surface area contributed by atoms with Gasteiger partial charge >= 0.3 is 0 Å². The maximum absolute atomic E-state index is 13.1. The highest BCUT2D eigenvalue weighted by Crippen LogP contribution is 2.33. The van der Waals surface area contributed by atoms with Gasteiger partial charge in [0.15, 0.2) is 0 Å². The summed E-state index contributed by atoms with van der Waals surface area (Å²) in [5.41, 5.74) is 2.49. The summed E-state index contributed by atoms with van der Waals surface area (Å²) < 4.78 is 24.5. The van der Waals surface area contributed by atoms with Crippen LogP contribution in [0.2, 0.25) is 0 Å². The number of halogens is 1. The van der Waals surface area contributed by atoms with E-state index in [4.69, 9.17) is 0 Å². The van der Waals surface area contributed by atoms with Crippen LogP contribution in [0.5, 0.6) is 0 Å². The number of rotatable bonds is 4. The molecule has 1 fully saturated rings. The standard InChI is InChI=1S/C19H20FNO2S/c1-24(23)13-14-4-2-5-16(12-14)19(22)21-11-3-6-18(21)15-7-9-17(20)10-8-15/h2,4-5,7-10,12,18H,3,6,11,13H2,1H3. The average molecular weight is 345 g/mol. The van der Waals surface area contributed by atoms with Gasteiger partial charge in [0.25, 0.3) is 5.91 Å². The molecular weight excluding hydrogens is 325 g/mol. The van der Waals surface area contributed by atoms with Crippen molar-refractivity contribution in [1.82, 2.24) is 4.90 Å². The van der Waals surface area contributed by atoms with Crippen LogP contribution in [0.25, 0.3) is 0 Å². The van der Waals surface area contributed by atoms with Gasteiger partial charge in [-0.3, -0.25) is 9.00 Å². The van der Waals surface area contributed by atoms with Crippen molar-refractivity contribution < 1.29 is 13.4 Å². The van der Waals surface area contributed by atoms with E-state index < -0.39 is 10.8 Å². The van der Waals surface area contributed by atoms with Gasteiger partial charge < -0.3 is 4.90 Å². The molecule has 0 radical (unpaired) electrons. The van der Waals surface area contributed by atoms with Crippen molar-refractivity contribution in [3.63, 3.8) is 0 Å². The summed E-state index contributed by atoms with van der Waals surface area (Å²) in [4.78, 5) is 14.8. The second-order valence-corrected chi connectivity index (χ2v) is 7.56. The van der Waals surface area contributed by atoms with Gasteiger partial charge in [-0.15, -0.1) is 0 Å². The third-order valence-electron chi connectivity index (χ3n) is 4.31. The molecule has 0 bridgehead atoms. The SMILES string of the molecule is CS(=O)Cc1cccc(C(=O)N2CCCC2c2ccc(F)cc2)c1. The maximum atomic E-state index is 13.1. The molecule has 24 heavy (non-hydrogen) atoms. The van der Waals surface area contributed by atoms with Gasteiger partial charge in [-0.1, -0.05) is 24.3 Å². The summed E-state index contributed by atoms with van der Waals surface area (Å²) in [5.74, 6) is 0.156. The number of hydrogen-bond donors (Lipinski definition) is 0. The first-order valence-electron chi connectivity index (χ1n) is 8.00. The Bertz CT molecular complexity index is 760. The van der Waals surface area contributed by atoms with Crippen molar-refractivity contribution in [2.24, 2.45) is 0 Å². The van der Waals surface area contributed by atoms with Crippen molar-refractivity contribution in [3.8, 4) is 0 Å². The molecule has 1 saturated heterocycles. The fourth-order valence-electron chi connectivity index (χ4n) is 3.24. The second kappa shape index (κ2) is 7.26. The van der Waals surface area contributed by atoms with Gasteiger partial charge in [-0.05, 0) is 48.2 Å². The summed E-state index contributed by atoms with van der Waals surface area (Å²) in [6.07, 6.45) is 3.47. The monoisotopic (exact) mass is 345 g/mol. The van der Waals surface area contributed by atoms with E-state index in [0.29, 0.717) is 17.9 Å². The first-order valence-corrected chi connectivity index (χ1v) is 9.73. The highest BCUT2D eigenvalue weighted by atomic mass is 32.2. The quantitative estimate of drug-likeness (QED) is 0.848. The molecule has 0 aromatic heterocycles. The van der Waals surface area contributed by atoms with E-state index in [1.54, 1.807) is 24.5 Å². The molecule has 0 aliphatic carbocycles. The Morgan fingerprint density at radius 3 is 2.71 bits per heavy atom. The van der Waals surface area contributed by atoms with Crippen molar-refractivity contribution in [2.45, 2.75) is 24.6 Å². The molecule has 2 aromatic carbocycles. The fraction of sp³-hybridized carbons (Fsp3) is 0.316. The Labute approximate surface area is 143 Å². The molecule has 2 atom stereocenters. The van der Waals surface area contributed by atoms with Crippen molar-refractivity contribution in [2.75, 3.05) is 12.8 Å². The molecule has 1 heterocycles. The van der Waals surface area contributed by atoms with Gasteiger partial charge in [0, 0.05) is 34.9 Å². The highest BCUT2D eigenvalue weighted by Gasteiger charge is 2.30. The van der Waals surface area contributed by atoms with Crippen LogP contribution in [0, 0.1) is 5.82 Å². The lowest BCUT2D eigenvalue weighted by atomic mass is 10.0. The van der Waals surface area contributed by atoms with Crippen LogP contribution in [-0.4, -0.2) is 27.8 Å². The first-order chi connectivity index (χ1) is 11.5. The third kappa shape index (κ3) is 3.73. The van der Waals surface area contributed by atoms with Crippen LogP contribution in [0.1, 0.15) is 40.4 Å². The smallest absolute Gasteiger partial charge is 0.254 e. The van der Waals surface area contributed by atoms with Crippen LogP contribution < -0.4 is 0 Å². The average Bonchev–Trinajstić information content (AvgIpc) is 3.04. The zero-order valence-electron chi connectivity index (χ0n) is 13.6. The van der Waals surface area contributed by atoms with Gasteiger partial charge in [0.1, 0.15) is 5.82 Å². The first kappa shape index (κ1) is 16.8. The minimum atomic E-state index is -0.939. The molecule has 2 unspecified atom stereocenters. The van der Waals surface area contributed by atoms with Gasteiger partial charge in [0.05, 0.1) is 6.04 Å². The lowest BCUT2D eigenvalue weighted by Gasteiger charge is -2.25. The number of hydrogen-bond acceptors (Lipinski definition) is 2. The minimum absolute atomic E-state index is 0.0120. The molecule has 0 N–H and O–H groups in total. The number of likely N-dealkylation sites (tertiary alicyclic amines) is 1. The van der Waals surface area contributed by atoms with Gasteiger partial charge in [0.2, 0.25) is 0 Å². The van der Waals surface area contributed by atoms with Crippen LogP contribution in [0.4, 0.5) is 4.39 Å². The van der Waals surface area contributed by atoms with Crippen molar-refractivity contribution in [1.29, 1.82) is 0 Å². The maximum Gasteiger partial charge on any atom is 0.254 e. The molecular formula is C19H20FNO2S. The van der Waals surface area contributed by atoms with E-state index in [2.05, 4.69) is 0 Å². The van der Waals surface area contributed by atoms with E-state index in [0.717, 1.165) is 24.0 Å². The molecule has 5 heteroatoms. The normalized spacial score (nSPS) is 18.6. The number of nitrogens with zero attached hydrogens (tertiary/aromatic N) is 1. The molecule has 1 aliphatic rings. The minimum Gasteiger partial charge on any atom is -0.332 e. The summed E-state index contributed by atoms with van der Waals surface area (Å²) in [6, 6.07) is 13.7. The van der Waals surface area contributed by atoms with E-state index in [9.17, 15) is 13.4 Å². The number of benzene rings is 2. The van der Waals surface area contributed by atoms with Crippen molar-refractivity contribution in [3.05, 3.63) is 71.0 Å². The Kier molecular flexibility index (Phi) is 5.09. The van der Waals surface area contributed by atoms with Crippen LogP contribution in [0.3, 0.4) is 0 Å². The van der Waals surface area contributed by atoms with Crippen LogP contribution >= 0.6 is 0 Å². The molecule has 0 saturated carbocycles. The molecule has 2 aromatic rings. The Morgan fingerprint density at radius 2 is 2.00 bits per heavy atom.